The van der Waals surface area contributed by atoms with E-state index < -0.39 is 17.4 Å². The van der Waals surface area contributed by atoms with E-state index in [0.717, 1.165) is 0 Å². The Labute approximate surface area is 154 Å². The maximum absolute atomic E-state index is 12.3. The largest absolute Gasteiger partial charge is 0.519 e. The number of hydrogen-bond acceptors (Lipinski definition) is 5. The zero-order chi connectivity index (χ0) is 19.4. The van der Waals surface area contributed by atoms with Crippen molar-refractivity contribution in [2.45, 2.75) is 52.7 Å². The van der Waals surface area contributed by atoms with Gasteiger partial charge in [-0.15, -0.1) is 0 Å². The molecule has 0 saturated carbocycles. The fraction of sp³-hybridized carbons (Fsp3) is 0.381. The van der Waals surface area contributed by atoms with Gasteiger partial charge < -0.3 is 18.9 Å². The first-order valence-corrected chi connectivity index (χ1v) is 8.49. The molecule has 0 aliphatic carbocycles. The molecular formula is C21H26O5. The molecule has 2 rings (SSSR count). The molecule has 0 spiro atoms. The first-order valence-electron chi connectivity index (χ1n) is 8.49. The molecule has 0 fully saturated rings. The second-order valence-electron chi connectivity index (χ2n) is 7.78. The molecule has 0 bridgehead atoms. The van der Waals surface area contributed by atoms with Gasteiger partial charge >= 0.3 is 6.16 Å². The van der Waals surface area contributed by atoms with Crippen molar-refractivity contribution in [3.63, 3.8) is 0 Å². The summed E-state index contributed by atoms with van der Waals surface area (Å²) in [4.78, 5) is 12.3. The third kappa shape index (κ3) is 6.31. The van der Waals surface area contributed by atoms with Crippen molar-refractivity contribution >= 4 is 6.16 Å². The Morgan fingerprint density at radius 1 is 0.615 bits per heavy atom. The van der Waals surface area contributed by atoms with Crippen LogP contribution in [0.1, 0.15) is 41.5 Å². The lowest BCUT2D eigenvalue weighted by Crippen LogP contribution is -2.24. The lowest BCUT2D eigenvalue weighted by atomic mass is 10.2. The van der Waals surface area contributed by atoms with Crippen LogP contribution in [0.3, 0.4) is 0 Å². The number of para-hydroxylation sites is 4. The highest BCUT2D eigenvalue weighted by molar-refractivity contribution is 5.69. The topological polar surface area (TPSA) is 54.0 Å². The molecule has 0 amide bonds. The molecule has 26 heavy (non-hydrogen) atoms. The van der Waals surface area contributed by atoms with Gasteiger partial charge in [-0.2, -0.15) is 0 Å². The number of carbonyl (C=O) groups excluding carboxylic acids is 1. The van der Waals surface area contributed by atoms with E-state index in [9.17, 15) is 4.79 Å². The Balaban J connectivity index is 2.14. The Hall–Kier alpha value is -2.69. The Kier molecular flexibility index (Phi) is 5.80. The molecule has 5 heteroatoms. The van der Waals surface area contributed by atoms with Gasteiger partial charge in [-0.3, -0.25) is 0 Å². The van der Waals surface area contributed by atoms with Gasteiger partial charge in [0.15, 0.2) is 23.0 Å². The van der Waals surface area contributed by atoms with E-state index in [1.54, 1.807) is 36.4 Å². The van der Waals surface area contributed by atoms with E-state index in [1.807, 2.05) is 53.7 Å². The van der Waals surface area contributed by atoms with Crippen LogP contribution in [0.5, 0.6) is 23.0 Å². The van der Waals surface area contributed by atoms with E-state index in [1.165, 1.54) is 0 Å². The predicted molar refractivity (Wildman–Crippen MR) is 100 cm³/mol. The molecular weight excluding hydrogens is 332 g/mol. The molecule has 0 saturated heterocycles. The number of ether oxygens (including phenoxy) is 4. The van der Waals surface area contributed by atoms with E-state index in [0.29, 0.717) is 23.0 Å². The first-order chi connectivity index (χ1) is 12.0. The van der Waals surface area contributed by atoms with E-state index in [-0.39, 0.29) is 0 Å². The first kappa shape index (κ1) is 19.6. The maximum Gasteiger partial charge on any atom is 0.519 e. The summed E-state index contributed by atoms with van der Waals surface area (Å²) in [6, 6.07) is 13.9. The van der Waals surface area contributed by atoms with Gasteiger partial charge in [0.2, 0.25) is 0 Å². The summed E-state index contributed by atoms with van der Waals surface area (Å²) in [6.07, 6.45) is -0.861. The summed E-state index contributed by atoms with van der Waals surface area (Å²) in [5.41, 5.74) is -0.840. The molecule has 2 aromatic rings. The molecule has 0 N–H and O–H groups in total. The van der Waals surface area contributed by atoms with Gasteiger partial charge in [-0.25, -0.2) is 4.79 Å². The minimum Gasteiger partial charge on any atom is -0.484 e. The predicted octanol–water partition coefficient (Wildman–Crippen LogP) is 5.62. The number of hydrogen-bond donors (Lipinski definition) is 0. The summed E-state index contributed by atoms with van der Waals surface area (Å²) < 4.78 is 22.3. The fourth-order valence-electron chi connectivity index (χ4n) is 2.10. The van der Waals surface area contributed by atoms with Crippen molar-refractivity contribution in [2.24, 2.45) is 0 Å². The van der Waals surface area contributed by atoms with Crippen LogP contribution in [-0.4, -0.2) is 17.4 Å². The van der Waals surface area contributed by atoms with Crippen LogP contribution in [0.2, 0.25) is 0 Å². The minimum atomic E-state index is -0.861. The van der Waals surface area contributed by atoms with Gasteiger partial charge in [-0.05, 0) is 65.8 Å². The van der Waals surface area contributed by atoms with Crippen LogP contribution < -0.4 is 18.9 Å². The van der Waals surface area contributed by atoms with Crippen molar-refractivity contribution in [3.05, 3.63) is 48.5 Å². The lowest BCUT2D eigenvalue weighted by Gasteiger charge is -2.23. The molecule has 0 aliphatic rings. The molecule has 0 aromatic heterocycles. The highest BCUT2D eigenvalue weighted by atomic mass is 16.7. The minimum absolute atomic E-state index is 0.293. The summed E-state index contributed by atoms with van der Waals surface area (Å²) in [7, 11) is 0. The van der Waals surface area contributed by atoms with Gasteiger partial charge in [0, 0.05) is 0 Å². The highest BCUT2D eigenvalue weighted by Gasteiger charge is 2.20. The van der Waals surface area contributed by atoms with Crippen LogP contribution in [0.4, 0.5) is 4.79 Å². The lowest BCUT2D eigenvalue weighted by molar-refractivity contribution is 0.112. The Morgan fingerprint density at radius 3 is 1.23 bits per heavy atom. The van der Waals surface area contributed by atoms with E-state index >= 15 is 0 Å². The van der Waals surface area contributed by atoms with Crippen molar-refractivity contribution in [3.8, 4) is 23.0 Å². The molecule has 0 unspecified atom stereocenters. The quantitative estimate of drug-likeness (QED) is 0.524. The average molecular weight is 358 g/mol. The molecule has 0 aliphatic heterocycles. The maximum atomic E-state index is 12.3. The van der Waals surface area contributed by atoms with Crippen molar-refractivity contribution in [1.29, 1.82) is 0 Å². The number of benzene rings is 2. The van der Waals surface area contributed by atoms with Gasteiger partial charge in [-0.1, -0.05) is 24.3 Å². The van der Waals surface area contributed by atoms with E-state index in [4.69, 9.17) is 18.9 Å². The molecule has 0 radical (unpaired) electrons. The fourth-order valence-corrected chi connectivity index (χ4v) is 2.10. The van der Waals surface area contributed by atoms with Crippen LogP contribution in [-0.2, 0) is 0 Å². The monoisotopic (exact) mass is 358 g/mol. The van der Waals surface area contributed by atoms with E-state index in [2.05, 4.69) is 0 Å². The number of carbonyl (C=O) groups is 1. The molecule has 0 atom stereocenters. The van der Waals surface area contributed by atoms with Crippen LogP contribution >= 0.6 is 0 Å². The number of rotatable bonds is 4. The summed E-state index contributed by atoms with van der Waals surface area (Å²) in [5.74, 6) is 1.52. The molecule has 140 valence electrons. The smallest absolute Gasteiger partial charge is 0.484 e. The third-order valence-corrected chi connectivity index (χ3v) is 2.92. The van der Waals surface area contributed by atoms with Gasteiger partial charge in [0.05, 0.1) is 0 Å². The van der Waals surface area contributed by atoms with Gasteiger partial charge in [0.1, 0.15) is 11.2 Å². The normalized spacial score (nSPS) is 11.6. The van der Waals surface area contributed by atoms with Crippen molar-refractivity contribution < 1.29 is 23.7 Å². The zero-order valence-corrected chi connectivity index (χ0v) is 16.2. The van der Waals surface area contributed by atoms with Crippen LogP contribution in [0.25, 0.3) is 0 Å². The van der Waals surface area contributed by atoms with Crippen molar-refractivity contribution in [1.82, 2.24) is 0 Å². The Bertz CT molecular complexity index is 690. The van der Waals surface area contributed by atoms with Gasteiger partial charge in [0.25, 0.3) is 0 Å². The second kappa shape index (κ2) is 7.68. The molecule has 5 nitrogen and oxygen atoms in total. The summed E-state index contributed by atoms with van der Waals surface area (Å²) in [6.45, 7) is 11.5. The standard InChI is InChI=1S/C21H26O5/c1-20(2,3)25-17-13-9-7-11-15(17)23-19(22)24-16-12-8-10-14-18(16)26-21(4,5)6/h7-14H,1-6H3. The third-order valence-electron chi connectivity index (χ3n) is 2.92. The zero-order valence-electron chi connectivity index (χ0n) is 16.2. The summed E-state index contributed by atoms with van der Waals surface area (Å²) in [5, 5.41) is 0. The SMILES string of the molecule is CC(C)(C)Oc1ccccc1OC(=O)Oc1ccccc1OC(C)(C)C. The Morgan fingerprint density at radius 2 is 0.923 bits per heavy atom. The van der Waals surface area contributed by atoms with Crippen LogP contribution in [0, 0.1) is 0 Å². The summed E-state index contributed by atoms with van der Waals surface area (Å²) >= 11 is 0. The molecule has 2 aromatic carbocycles. The van der Waals surface area contributed by atoms with Crippen molar-refractivity contribution in [2.75, 3.05) is 0 Å². The highest BCUT2D eigenvalue weighted by Crippen LogP contribution is 2.32. The average Bonchev–Trinajstić information content (AvgIpc) is 2.48. The molecule has 0 heterocycles. The second-order valence-corrected chi connectivity index (χ2v) is 7.78. The van der Waals surface area contributed by atoms with Crippen LogP contribution in [0.15, 0.2) is 48.5 Å².